The van der Waals surface area contributed by atoms with Crippen LogP contribution in [0.15, 0.2) is 0 Å². The first kappa shape index (κ1) is 25.8. The van der Waals surface area contributed by atoms with Gasteiger partial charge in [-0.1, -0.05) is 34.1 Å². The summed E-state index contributed by atoms with van der Waals surface area (Å²) in [5.41, 5.74) is 0. The van der Waals surface area contributed by atoms with E-state index in [-0.39, 0.29) is 24.2 Å². The minimum atomic E-state index is -1.20. The molecule has 0 bridgehead atoms. The minimum absolute atomic E-state index is 0.0567. The topological polar surface area (TPSA) is 157 Å². The number of hydrogen-bond donors (Lipinski definition) is 6. The number of nitrogens with one attached hydrogen (secondary N) is 4. The smallest absolute Gasteiger partial charge is 0.326 e. The molecule has 0 aromatic heterocycles. The number of aliphatic carboxylic acids is 1. The van der Waals surface area contributed by atoms with Crippen molar-refractivity contribution in [2.24, 2.45) is 11.8 Å². The molecule has 30 heavy (non-hydrogen) atoms. The zero-order valence-corrected chi connectivity index (χ0v) is 18.2. The SMILES string of the molecule is CCC(C)C(NC(=O)C(CO)NC(=O)C1CCCN1)C(=O)NC(CC(C)C)C(=O)O. The van der Waals surface area contributed by atoms with Crippen molar-refractivity contribution in [2.75, 3.05) is 13.2 Å². The Bertz CT molecular complexity index is 606. The zero-order valence-electron chi connectivity index (χ0n) is 18.2. The van der Waals surface area contributed by atoms with Crippen molar-refractivity contribution in [1.29, 1.82) is 0 Å². The van der Waals surface area contributed by atoms with E-state index < -0.39 is 48.6 Å². The summed E-state index contributed by atoms with van der Waals surface area (Å²) in [6, 6.07) is -3.67. The minimum Gasteiger partial charge on any atom is -0.480 e. The van der Waals surface area contributed by atoms with E-state index in [1.807, 2.05) is 20.8 Å². The Labute approximate surface area is 177 Å². The molecule has 6 N–H and O–H groups in total. The van der Waals surface area contributed by atoms with Crippen molar-refractivity contribution in [3.05, 3.63) is 0 Å². The van der Waals surface area contributed by atoms with Gasteiger partial charge in [0.25, 0.3) is 0 Å². The number of carboxylic acids is 1. The summed E-state index contributed by atoms with van der Waals surface area (Å²) in [7, 11) is 0. The maximum atomic E-state index is 12.8. The van der Waals surface area contributed by atoms with Crippen LogP contribution in [0.3, 0.4) is 0 Å². The van der Waals surface area contributed by atoms with E-state index in [4.69, 9.17) is 0 Å². The number of rotatable bonds is 12. The van der Waals surface area contributed by atoms with E-state index in [2.05, 4.69) is 21.3 Å². The highest BCUT2D eigenvalue weighted by Crippen LogP contribution is 2.11. The summed E-state index contributed by atoms with van der Waals surface area (Å²) in [5, 5.41) is 29.5. The quantitative estimate of drug-likeness (QED) is 0.241. The number of aliphatic hydroxyl groups is 1. The maximum Gasteiger partial charge on any atom is 0.326 e. The highest BCUT2D eigenvalue weighted by Gasteiger charge is 2.33. The number of hydrogen-bond acceptors (Lipinski definition) is 6. The van der Waals surface area contributed by atoms with Crippen LogP contribution in [0.2, 0.25) is 0 Å². The van der Waals surface area contributed by atoms with Crippen LogP contribution >= 0.6 is 0 Å². The van der Waals surface area contributed by atoms with Crippen LogP contribution in [-0.2, 0) is 19.2 Å². The Morgan fingerprint density at radius 3 is 2.17 bits per heavy atom. The monoisotopic (exact) mass is 428 g/mol. The average molecular weight is 429 g/mol. The molecule has 1 rings (SSSR count). The second kappa shape index (κ2) is 12.5. The molecule has 0 radical (unpaired) electrons. The van der Waals surface area contributed by atoms with Crippen molar-refractivity contribution in [3.8, 4) is 0 Å². The number of carbonyl (C=O) groups excluding carboxylic acids is 3. The molecule has 10 nitrogen and oxygen atoms in total. The lowest BCUT2D eigenvalue weighted by atomic mass is 9.96. The van der Waals surface area contributed by atoms with Gasteiger partial charge in [-0.25, -0.2) is 4.79 Å². The van der Waals surface area contributed by atoms with Gasteiger partial charge in [0.2, 0.25) is 17.7 Å². The third-order valence-electron chi connectivity index (χ3n) is 5.31. The summed E-state index contributed by atoms with van der Waals surface area (Å²) < 4.78 is 0. The predicted molar refractivity (Wildman–Crippen MR) is 110 cm³/mol. The van der Waals surface area contributed by atoms with Gasteiger partial charge in [0.15, 0.2) is 0 Å². The van der Waals surface area contributed by atoms with E-state index in [9.17, 15) is 29.4 Å². The molecule has 0 aliphatic carbocycles. The maximum absolute atomic E-state index is 12.8. The van der Waals surface area contributed by atoms with Crippen molar-refractivity contribution >= 4 is 23.7 Å². The van der Waals surface area contributed by atoms with Crippen molar-refractivity contribution in [2.45, 2.75) is 77.5 Å². The van der Waals surface area contributed by atoms with E-state index in [1.54, 1.807) is 6.92 Å². The fraction of sp³-hybridized carbons (Fsp3) is 0.800. The van der Waals surface area contributed by atoms with Gasteiger partial charge in [0, 0.05) is 0 Å². The lowest BCUT2D eigenvalue weighted by molar-refractivity contribution is -0.143. The van der Waals surface area contributed by atoms with Crippen LogP contribution < -0.4 is 21.3 Å². The fourth-order valence-electron chi connectivity index (χ4n) is 3.28. The molecule has 0 spiro atoms. The lowest BCUT2D eigenvalue weighted by Crippen LogP contribution is -2.59. The summed E-state index contributed by atoms with van der Waals surface area (Å²) in [6.45, 7) is 7.40. The zero-order chi connectivity index (χ0) is 22.8. The van der Waals surface area contributed by atoms with Crippen LogP contribution in [0.5, 0.6) is 0 Å². The standard InChI is InChI=1S/C20H36N4O6/c1-5-12(4)16(19(28)22-14(20(29)30)9-11(2)3)24-18(27)15(10-25)23-17(26)13-7-6-8-21-13/h11-16,21,25H,5-10H2,1-4H3,(H,22,28)(H,23,26)(H,24,27)(H,29,30). The summed E-state index contributed by atoms with van der Waals surface area (Å²) >= 11 is 0. The second-order valence-corrected chi connectivity index (χ2v) is 8.29. The van der Waals surface area contributed by atoms with Crippen LogP contribution in [0, 0.1) is 11.8 Å². The van der Waals surface area contributed by atoms with Gasteiger partial charge in [-0.3, -0.25) is 14.4 Å². The Morgan fingerprint density at radius 2 is 1.70 bits per heavy atom. The molecule has 0 saturated carbocycles. The molecule has 1 saturated heterocycles. The van der Waals surface area contributed by atoms with Crippen LogP contribution in [-0.4, -0.2) is 71.2 Å². The van der Waals surface area contributed by atoms with Gasteiger partial charge in [-0.05, 0) is 37.6 Å². The van der Waals surface area contributed by atoms with Crippen LogP contribution in [0.1, 0.15) is 53.4 Å². The van der Waals surface area contributed by atoms with E-state index in [0.717, 1.165) is 6.42 Å². The van der Waals surface area contributed by atoms with Gasteiger partial charge in [-0.2, -0.15) is 0 Å². The number of amides is 3. The molecule has 172 valence electrons. The first-order valence-corrected chi connectivity index (χ1v) is 10.6. The first-order valence-electron chi connectivity index (χ1n) is 10.6. The van der Waals surface area contributed by atoms with E-state index in [1.165, 1.54) is 0 Å². The number of carbonyl (C=O) groups is 4. The molecule has 5 atom stereocenters. The number of aliphatic hydroxyl groups excluding tert-OH is 1. The highest BCUT2D eigenvalue weighted by molar-refractivity contribution is 5.94. The molecule has 3 amide bonds. The van der Waals surface area contributed by atoms with Crippen LogP contribution in [0.25, 0.3) is 0 Å². The highest BCUT2D eigenvalue weighted by atomic mass is 16.4. The predicted octanol–water partition coefficient (Wildman–Crippen LogP) is -0.638. The molecule has 10 heteroatoms. The first-order chi connectivity index (χ1) is 14.1. The van der Waals surface area contributed by atoms with Gasteiger partial charge < -0.3 is 31.5 Å². The summed E-state index contributed by atoms with van der Waals surface area (Å²) in [6.07, 6.45) is 2.32. The molecule has 5 unspecified atom stereocenters. The average Bonchev–Trinajstić information content (AvgIpc) is 3.23. The van der Waals surface area contributed by atoms with Gasteiger partial charge in [-0.15, -0.1) is 0 Å². The van der Waals surface area contributed by atoms with E-state index >= 15 is 0 Å². The Balaban J connectivity index is 2.83. The largest absolute Gasteiger partial charge is 0.480 e. The summed E-state index contributed by atoms with van der Waals surface area (Å²) in [4.78, 5) is 49.1. The normalized spacial score (nSPS) is 20.1. The second-order valence-electron chi connectivity index (χ2n) is 8.29. The molecular weight excluding hydrogens is 392 g/mol. The lowest BCUT2D eigenvalue weighted by Gasteiger charge is -2.28. The van der Waals surface area contributed by atoms with E-state index in [0.29, 0.717) is 19.4 Å². The Hall–Kier alpha value is -2.20. The molecule has 1 fully saturated rings. The number of carboxylic acid groups (broad SMARTS) is 1. The molecular formula is C20H36N4O6. The Morgan fingerprint density at radius 1 is 1.03 bits per heavy atom. The van der Waals surface area contributed by atoms with Crippen molar-refractivity contribution in [1.82, 2.24) is 21.3 Å². The third kappa shape index (κ3) is 7.91. The molecule has 0 aromatic carbocycles. The van der Waals surface area contributed by atoms with Crippen molar-refractivity contribution < 1.29 is 29.4 Å². The van der Waals surface area contributed by atoms with Gasteiger partial charge >= 0.3 is 5.97 Å². The molecule has 0 aromatic rings. The van der Waals surface area contributed by atoms with Gasteiger partial charge in [0.1, 0.15) is 18.1 Å². The fourth-order valence-corrected chi connectivity index (χ4v) is 3.28. The molecule has 1 heterocycles. The summed E-state index contributed by atoms with van der Waals surface area (Å²) in [5.74, 6) is -3.05. The van der Waals surface area contributed by atoms with Crippen molar-refractivity contribution in [3.63, 3.8) is 0 Å². The molecule has 1 aliphatic rings. The third-order valence-corrected chi connectivity index (χ3v) is 5.31. The van der Waals surface area contributed by atoms with Gasteiger partial charge in [0.05, 0.1) is 12.6 Å². The van der Waals surface area contributed by atoms with Crippen LogP contribution in [0.4, 0.5) is 0 Å². The Kier molecular flexibility index (Phi) is 10.8. The molecule has 1 aliphatic heterocycles.